The van der Waals surface area contributed by atoms with Gasteiger partial charge in [0, 0.05) is 23.5 Å². The molecule has 0 N–H and O–H groups in total. The summed E-state index contributed by atoms with van der Waals surface area (Å²) < 4.78 is 38.6. The van der Waals surface area contributed by atoms with Crippen LogP contribution in [0.1, 0.15) is 12.8 Å². The third-order valence-electron chi connectivity index (χ3n) is 5.76. The standard InChI is InChI=1S/C22H23BrN2O6S/c1-30-22(27)20-14-25(18-4-2-3-5-19(18)31-20)21(26)15-10-12-24(13-11-15)32(28,29)17-8-6-16(23)7-9-17/h2-9,15,20H,10-14H2,1H3/t20-/m1/s1. The summed E-state index contributed by atoms with van der Waals surface area (Å²) in [6, 6.07) is 13.6. The summed E-state index contributed by atoms with van der Waals surface area (Å²) in [5.74, 6) is -0.600. The number of para-hydroxylation sites is 2. The molecule has 1 amide bonds. The summed E-state index contributed by atoms with van der Waals surface area (Å²) >= 11 is 3.31. The van der Waals surface area contributed by atoms with Crippen molar-refractivity contribution in [3.05, 3.63) is 53.0 Å². The number of amides is 1. The quantitative estimate of drug-likeness (QED) is 0.573. The van der Waals surface area contributed by atoms with Crippen LogP contribution in [0.3, 0.4) is 0 Å². The smallest absolute Gasteiger partial charge is 0.348 e. The highest BCUT2D eigenvalue weighted by atomic mass is 79.9. The van der Waals surface area contributed by atoms with Crippen LogP contribution in [0.2, 0.25) is 0 Å². The van der Waals surface area contributed by atoms with Crippen molar-refractivity contribution in [1.82, 2.24) is 4.31 Å². The van der Waals surface area contributed by atoms with Crippen LogP contribution in [0.25, 0.3) is 0 Å². The molecule has 10 heteroatoms. The second-order valence-electron chi connectivity index (χ2n) is 7.68. The monoisotopic (exact) mass is 522 g/mol. The molecule has 0 unspecified atom stereocenters. The van der Waals surface area contributed by atoms with Gasteiger partial charge in [0.2, 0.25) is 22.0 Å². The van der Waals surface area contributed by atoms with Gasteiger partial charge in [-0.05, 0) is 49.2 Å². The first-order valence-corrected chi connectivity index (χ1v) is 12.4. The molecule has 0 saturated carbocycles. The molecule has 8 nitrogen and oxygen atoms in total. The van der Waals surface area contributed by atoms with Crippen LogP contribution >= 0.6 is 15.9 Å². The summed E-state index contributed by atoms with van der Waals surface area (Å²) in [7, 11) is -2.34. The van der Waals surface area contributed by atoms with E-state index < -0.39 is 22.1 Å². The maximum Gasteiger partial charge on any atom is 0.348 e. The van der Waals surface area contributed by atoms with Crippen LogP contribution < -0.4 is 9.64 Å². The van der Waals surface area contributed by atoms with Gasteiger partial charge in [-0.3, -0.25) is 4.79 Å². The van der Waals surface area contributed by atoms with E-state index in [1.807, 2.05) is 0 Å². The van der Waals surface area contributed by atoms with Gasteiger partial charge < -0.3 is 14.4 Å². The lowest BCUT2D eigenvalue weighted by molar-refractivity contribution is -0.148. The molecule has 2 heterocycles. The molecule has 2 aliphatic heterocycles. The zero-order chi connectivity index (χ0) is 22.9. The third-order valence-corrected chi connectivity index (χ3v) is 8.20. The van der Waals surface area contributed by atoms with Crippen LogP contribution in [-0.2, 0) is 24.3 Å². The molecule has 2 aromatic rings. The maximum atomic E-state index is 13.4. The fourth-order valence-electron chi connectivity index (χ4n) is 4.02. The van der Waals surface area contributed by atoms with Gasteiger partial charge >= 0.3 is 5.97 Å². The Bertz CT molecular complexity index is 1110. The van der Waals surface area contributed by atoms with E-state index in [-0.39, 0.29) is 36.4 Å². The number of carbonyl (C=O) groups excluding carboxylic acids is 2. The second-order valence-corrected chi connectivity index (χ2v) is 10.5. The molecule has 170 valence electrons. The molecule has 0 aliphatic carbocycles. The highest BCUT2D eigenvalue weighted by Gasteiger charge is 2.39. The lowest BCUT2D eigenvalue weighted by atomic mass is 9.95. The molecular weight excluding hydrogens is 500 g/mol. The first kappa shape index (κ1) is 22.8. The van der Waals surface area contributed by atoms with Crippen molar-refractivity contribution in [2.75, 3.05) is 31.6 Å². The van der Waals surface area contributed by atoms with E-state index in [1.54, 1.807) is 53.4 Å². The predicted octanol–water partition coefficient (Wildman–Crippen LogP) is 2.82. The SMILES string of the molecule is COC(=O)[C@H]1CN(C(=O)C2CCN(S(=O)(=O)c3ccc(Br)cc3)CC2)c2ccccc2O1. The van der Waals surface area contributed by atoms with Gasteiger partial charge in [-0.25, -0.2) is 13.2 Å². The number of hydrogen-bond donors (Lipinski definition) is 0. The van der Waals surface area contributed by atoms with E-state index in [9.17, 15) is 18.0 Å². The van der Waals surface area contributed by atoms with E-state index in [2.05, 4.69) is 15.9 Å². The Hall–Kier alpha value is -2.43. The number of fused-ring (bicyclic) bond motifs is 1. The molecule has 0 spiro atoms. The number of halogens is 1. The molecule has 1 saturated heterocycles. The molecule has 2 aliphatic rings. The van der Waals surface area contributed by atoms with E-state index in [0.717, 1.165) is 4.47 Å². The van der Waals surface area contributed by atoms with Crippen LogP contribution in [0.5, 0.6) is 5.75 Å². The van der Waals surface area contributed by atoms with E-state index in [0.29, 0.717) is 24.3 Å². The molecule has 0 radical (unpaired) electrons. The highest BCUT2D eigenvalue weighted by molar-refractivity contribution is 9.10. The lowest BCUT2D eigenvalue weighted by Gasteiger charge is -2.37. The Morgan fingerprint density at radius 3 is 2.38 bits per heavy atom. The average molecular weight is 523 g/mol. The minimum absolute atomic E-state index is 0.0555. The van der Waals surface area contributed by atoms with Gasteiger partial charge in [0.15, 0.2) is 0 Å². The number of benzene rings is 2. The van der Waals surface area contributed by atoms with E-state index in [4.69, 9.17) is 9.47 Å². The van der Waals surface area contributed by atoms with Crippen LogP contribution in [0.15, 0.2) is 57.9 Å². The largest absolute Gasteiger partial charge is 0.475 e. The summed E-state index contributed by atoms with van der Waals surface area (Å²) in [4.78, 5) is 27.2. The van der Waals surface area contributed by atoms with Gasteiger partial charge in [0.05, 0.1) is 24.2 Å². The lowest BCUT2D eigenvalue weighted by Crippen LogP contribution is -2.51. The van der Waals surface area contributed by atoms with Crippen LogP contribution in [-0.4, -0.2) is 57.4 Å². The molecule has 1 fully saturated rings. The Labute approximate surface area is 195 Å². The van der Waals surface area contributed by atoms with Crippen molar-refractivity contribution in [2.45, 2.75) is 23.8 Å². The van der Waals surface area contributed by atoms with E-state index >= 15 is 0 Å². The van der Waals surface area contributed by atoms with Crippen LogP contribution in [0, 0.1) is 5.92 Å². The van der Waals surface area contributed by atoms with Crippen molar-refractivity contribution in [1.29, 1.82) is 0 Å². The minimum Gasteiger partial charge on any atom is -0.475 e. The second kappa shape index (κ2) is 9.21. The van der Waals surface area contributed by atoms with E-state index in [1.165, 1.54) is 11.4 Å². The number of hydrogen-bond acceptors (Lipinski definition) is 6. The Morgan fingerprint density at radius 1 is 1.06 bits per heavy atom. The van der Waals surface area contributed by atoms with Crippen LogP contribution in [0.4, 0.5) is 5.69 Å². The number of rotatable bonds is 4. The Morgan fingerprint density at radius 2 is 1.72 bits per heavy atom. The summed E-state index contributed by atoms with van der Waals surface area (Å²) in [6.45, 7) is 0.558. The Kier molecular flexibility index (Phi) is 6.55. The first-order valence-electron chi connectivity index (χ1n) is 10.2. The number of anilines is 1. The zero-order valence-electron chi connectivity index (χ0n) is 17.4. The number of carbonyl (C=O) groups is 2. The topological polar surface area (TPSA) is 93.2 Å². The zero-order valence-corrected chi connectivity index (χ0v) is 19.8. The normalized spacial score (nSPS) is 19.7. The van der Waals surface area contributed by atoms with Crippen molar-refractivity contribution in [2.24, 2.45) is 5.92 Å². The molecule has 0 aromatic heterocycles. The highest BCUT2D eigenvalue weighted by Crippen LogP contribution is 2.36. The Balaban J connectivity index is 1.48. The maximum absolute atomic E-state index is 13.4. The average Bonchev–Trinajstić information content (AvgIpc) is 2.82. The number of piperidine rings is 1. The van der Waals surface area contributed by atoms with Crippen molar-refractivity contribution >= 4 is 43.5 Å². The van der Waals surface area contributed by atoms with Gasteiger partial charge in [-0.2, -0.15) is 4.31 Å². The molecule has 0 bridgehead atoms. The molecular formula is C22H23BrN2O6S. The fraction of sp³-hybridized carbons (Fsp3) is 0.364. The summed E-state index contributed by atoms with van der Waals surface area (Å²) in [5.41, 5.74) is 0.600. The number of esters is 1. The predicted molar refractivity (Wildman–Crippen MR) is 121 cm³/mol. The molecule has 32 heavy (non-hydrogen) atoms. The summed E-state index contributed by atoms with van der Waals surface area (Å²) in [5, 5.41) is 0. The third kappa shape index (κ3) is 4.39. The van der Waals surface area contributed by atoms with Gasteiger partial charge in [0.1, 0.15) is 5.75 Å². The first-order chi connectivity index (χ1) is 15.3. The van der Waals surface area contributed by atoms with Gasteiger partial charge in [-0.15, -0.1) is 0 Å². The number of sulfonamides is 1. The number of nitrogens with zero attached hydrogens (tertiary/aromatic N) is 2. The minimum atomic E-state index is -3.62. The van der Waals surface area contributed by atoms with Crippen molar-refractivity contribution in [3.63, 3.8) is 0 Å². The number of ether oxygens (including phenoxy) is 2. The van der Waals surface area contributed by atoms with Gasteiger partial charge in [0.25, 0.3) is 0 Å². The van der Waals surface area contributed by atoms with Crippen molar-refractivity contribution in [3.8, 4) is 5.75 Å². The van der Waals surface area contributed by atoms with Gasteiger partial charge in [-0.1, -0.05) is 28.1 Å². The van der Waals surface area contributed by atoms with Crippen molar-refractivity contribution < 1.29 is 27.5 Å². The number of methoxy groups -OCH3 is 1. The molecule has 4 rings (SSSR count). The molecule has 1 atom stereocenters. The fourth-order valence-corrected chi connectivity index (χ4v) is 5.75. The molecule has 2 aromatic carbocycles. The summed E-state index contributed by atoms with van der Waals surface area (Å²) in [6.07, 6.45) is -0.106.